The lowest BCUT2D eigenvalue weighted by molar-refractivity contribution is 0.00132. The summed E-state index contributed by atoms with van der Waals surface area (Å²) in [4.78, 5) is 0. The number of hydrogen-bond acceptors (Lipinski definition) is 1. The standard InChI is InChI=1S/C11H13ClFN/c1-10(13)6-11(14,7-10)8-3-2-4-9(12)5-8/h2-5H,6-7,14H2,1H3. The third-order valence-electron chi connectivity index (χ3n) is 2.77. The Hall–Kier alpha value is -0.600. The van der Waals surface area contributed by atoms with E-state index in [1.807, 2.05) is 18.2 Å². The topological polar surface area (TPSA) is 26.0 Å². The Morgan fingerprint density at radius 3 is 2.57 bits per heavy atom. The molecule has 1 saturated carbocycles. The van der Waals surface area contributed by atoms with Gasteiger partial charge in [-0.1, -0.05) is 23.7 Å². The maximum atomic E-state index is 13.4. The van der Waals surface area contributed by atoms with Gasteiger partial charge in [0.2, 0.25) is 0 Å². The van der Waals surface area contributed by atoms with Crippen molar-refractivity contribution in [3.8, 4) is 0 Å². The molecule has 0 atom stereocenters. The van der Waals surface area contributed by atoms with Gasteiger partial charge in [0.25, 0.3) is 0 Å². The van der Waals surface area contributed by atoms with E-state index in [0.29, 0.717) is 17.9 Å². The van der Waals surface area contributed by atoms with Crippen molar-refractivity contribution in [3.05, 3.63) is 34.9 Å². The monoisotopic (exact) mass is 213 g/mol. The van der Waals surface area contributed by atoms with E-state index in [2.05, 4.69) is 0 Å². The van der Waals surface area contributed by atoms with E-state index in [9.17, 15) is 4.39 Å². The molecule has 76 valence electrons. The summed E-state index contributed by atoms with van der Waals surface area (Å²) < 4.78 is 13.4. The van der Waals surface area contributed by atoms with Crippen molar-refractivity contribution in [2.45, 2.75) is 31.0 Å². The van der Waals surface area contributed by atoms with Gasteiger partial charge in [0, 0.05) is 23.4 Å². The summed E-state index contributed by atoms with van der Waals surface area (Å²) in [6.07, 6.45) is 0.751. The molecule has 14 heavy (non-hydrogen) atoms. The number of alkyl halides is 1. The third kappa shape index (κ3) is 1.64. The number of rotatable bonds is 1. The van der Waals surface area contributed by atoms with E-state index in [0.717, 1.165) is 5.56 Å². The Labute approximate surface area is 88.1 Å². The molecule has 0 amide bonds. The first kappa shape index (κ1) is 9.94. The largest absolute Gasteiger partial charge is 0.321 e. The van der Waals surface area contributed by atoms with Gasteiger partial charge >= 0.3 is 0 Å². The third-order valence-corrected chi connectivity index (χ3v) is 3.00. The second kappa shape index (κ2) is 2.94. The summed E-state index contributed by atoms with van der Waals surface area (Å²) >= 11 is 5.85. The highest BCUT2D eigenvalue weighted by Gasteiger charge is 2.51. The summed E-state index contributed by atoms with van der Waals surface area (Å²) in [5.74, 6) is 0. The molecule has 1 fully saturated rings. The molecule has 1 aliphatic carbocycles. The summed E-state index contributed by atoms with van der Waals surface area (Å²) in [5.41, 5.74) is 5.37. The van der Waals surface area contributed by atoms with Crippen molar-refractivity contribution in [2.24, 2.45) is 5.73 Å². The minimum absolute atomic E-state index is 0.375. The van der Waals surface area contributed by atoms with Crippen LogP contribution in [0.25, 0.3) is 0 Å². The van der Waals surface area contributed by atoms with Crippen molar-refractivity contribution >= 4 is 11.6 Å². The first-order chi connectivity index (χ1) is 6.41. The molecule has 0 saturated heterocycles. The Morgan fingerprint density at radius 1 is 1.43 bits per heavy atom. The van der Waals surface area contributed by atoms with Gasteiger partial charge in [-0.2, -0.15) is 0 Å². The van der Waals surface area contributed by atoms with Gasteiger partial charge < -0.3 is 5.73 Å². The molecule has 1 aromatic carbocycles. The second-order valence-electron chi connectivity index (χ2n) is 4.43. The SMILES string of the molecule is CC1(F)CC(N)(c2cccc(Cl)c2)C1. The van der Waals surface area contributed by atoms with Crippen LogP contribution in [-0.2, 0) is 5.54 Å². The minimum Gasteiger partial charge on any atom is -0.321 e. The average Bonchev–Trinajstić information content (AvgIpc) is 2.00. The maximum Gasteiger partial charge on any atom is 0.112 e. The summed E-state index contributed by atoms with van der Waals surface area (Å²) in [7, 11) is 0. The van der Waals surface area contributed by atoms with Crippen molar-refractivity contribution < 1.29 is 4.39 Å². The Kier molecular flexibility index (Phi) is 2.09. The first-order valence-corrected chi connectivity index (χ1v) is 5.03. The molecule has 0 unspecified atom stereocenters. The minimum atomic E-state index is -1.11. The van der Waals surface area contributed by atoms with Crippen LogP contribution in [0, 0.1) is 0 Å². The van der Waals surface area contributed by atoms with Crippen LogP contribution < -0.4 is 5.73 Å². The maximum absolute atomic E-state index is 13.4. The van der Waals surface area contributed by atoms with Crippen molar-refractivity contribution in [3.63, 3.8) is 0 Å². The van der Waals surface area contributed by atoms with Gasteiger partial charge in [0.05, 0.1) is 0 Å². The van der Waals surface area contributed by atoms with Gasteiger partial charge in [-0.3, -0.25) is 0 Å². The molecule has 1 nitrogen and oxygen atoms in total. The highest BCUT2D eigenvalue weighted by Crippen LogP contribution is 2.48. The van der Waals surface area contributed by atoms with E-state index in [-0.39, 0.29) is 0 Å². The lowest BCUT2D eigenvalue weighted by Gasteiger charge is -2.48. The lowest BCUT2D eigenvalue weighted by Crippen LogP contribution is -2.56. The van der Waals surface area contributed by atoms with Gasteiger partial charge in [0.1, 0.15) is 5.67 Å². The van der Waals surface area contributed by atoms with Crippen molar-refractivity contribution in [1.82, 2.24) is 0 Å². The Morgan fingerprint density at radius 2 is 2.07 bits per heavy atom. The van der Waals surface area contributed by atoms with E-state index in [1.54, 1.807) is 13.0 Å². The van der Waals surface area contributed by atoms with Crippen molar-refractivity contribution in [2.75, 3.05) is 0 Å². The zero-order valence-electron chi connectivity index (χ0n) is 8.06. The molecule has 0 aliphatic heterocycles. The highest BCUT2D eigenvalue weighted by atomic mass is 35.5. The molecule has 2 N–H and O–H groups in total. The molecule has 1 aliphatic rings. The van der Waals surface area contributed by atoms with Crippen LogP contribution in [0.3, 0.4) is 0 Å². The number of benzene rings is 1. The quantitative estimate of drug-likeness (QED) is 0.763. The van der Waals surface area contributed by atoms with Crippen LogP contribution in [0.2, 0.25) is 5.02 Å². The second-order valence-corrected chi connectivity index (χ2v) is 4.87. The normalized spacial score (nSPS) is 36.6. The molecular weight excluding hydrogens is 201 g/mol. The van der Waals surface area contributed by atoms with E-state index in [1.165, 1.54) is 0 Å². The van der Waals surface area contributed by atoms with Gasteiger partial charge in [-0.05, 0) is 24.6 Å². The fraction of sp³-hybridized carbons (Fsp3) is 0.455. The number of hydrogen-bond donors (Lipinski definition) is 1. The molecule has 0 heterocycles. The number of nitrogens with two attached hydrogens (primary N) is 1. The molecule has 1 aromatic rings. The summed E-state index contributed by atoms with van der Waals surface area (Å²) in [6.45, 7) is 1.59. The molecule has 2 rings (SSSR count). The van der Waals surface area contributed by atoms with Crippen molar-refractivity contribution in [1.29, 1.82) is 0 Å². The van der Waals surface area contributed by atoms with E-state index in [4.69, 9.17) is 17.3 Å². The smallest absolute Gasteiger partial charge is 0.112 e. The van der Waals surface area contributed by atoms with Crippen LogP contribution in [-0.4, -0.2) is 5.67 Å². The van der Waals surface area contributed by atoms with E-state index < -0.39 is 11.2 Å². The molecular formula is C11H13ClFN. The highest BCUT2D eigenvalue weighted by molar-refractivity contribution is 6.30. The Balaban J connectivity index is 2.25. The molecule has 0 bridgehead atoms. The predicted molar refractivity (Wildman–Crippen MR) is 56.1 cm³/mol. The van der Waals surface area contributed by atoms with Gasteiger partial charge in [-0.15, -0.1) is 0 Å². The zero-order chi connectivity index (χ0) is 10.4. The molecule has 0 radical (unpaired) electrons. The zero-order valence-corrected chi connectivity index (χ0v) is 8.81. The fourth-order valence-electron chi connectivity index (χ4n) is 2.27. The first-order valence-electron chi connectivity index (χ1n) is 4.65. The van der Waals surface area contributed by atoms with Crippen LogP contribution >= 0.6 is 11.6 Å². The van der Waals surface area contributed by atoms with E-state index >= 15 is 0 Å². The van der Waals surface area contributed by atoms with Crippen LogP contribution in [0.5, 0.6) is 0 Å². The fourth-order valence-corrected chi connectivity index (χ4v) is 2.46. The Bertz CT molecular complexity index is 354. The van der Waals surface area contributed by atoms with Gasteiger partial charge in [-0.25, -0.2) is 4.39 Å². The predicted octanol–water partition coefficient (Wildman–Crippen LogP) is 3.02. The average molecular weight is 214 g/mol. The van der Waals surface area contributed by atoms with Crippen LogP contribution in [0.1, 0.15) is 25.3 Å². The summed E-state index contributed by atoms with van der Waals surface area (Å²) in [5, 5.41) is 0.653. The summed E-state index contributed by atoms with van der Waals surface area (Å²) in [6, 6.07) is 7.36. The van der Waals surface area contributed by atoms with Gasteiger partial charge in [0.15, 0.2) is 0 Å². The number of halogens is 2. The molecule has 0 spiro atoms. The molecule has 3 heteroatoms. The van der Waals surface area contributed by atoms with Crippen LogP contribution in [0.15, 0.2) is 24.3 Å². The molecule has 0 aromatic heterocycles. The van der Waals surface area contributed by atoms with Crippen LogP contribution in [0.4, 0.5) is 4.39 Å². The lowest BCUT2D eigenvalue weighted by atomic mass is 9.64.